The molecule has 0 saturated heterocycles. The number of pyridine rings is 1. The first-order chi connectivity index (χ1) is 11.0. The van der Waals surface area contributed by atoms with Gasteiger partial charge in [0.25, 0.3) is 5.56 Å². The Hall–Kier alpha value is -2.60. The highest BCUT2D eigenvalue weighted by molar-refractivity contribution is 9.10. The molecule has 0 aliphatic rings. The highest BCUT2D eigenvalue weighted by Crippen LogP contribution is 2.24. The van der Waals surface area contributed by atoms with E-state index in [-0.39, 0.29) is 17.2 Å². The van der Waals surface area contributed by atoms with Crippen LogP contribution in [-0.2, 0) is 6.54 Å². The van der Waals surface area contributed by atoms with Gasteiger partial charge in [-0.2, -0.15) is 0 Å². The molecule has 23 heavy (non-hydrogen) atoms. The monoisotopic (exact) mass is 372 g/mol. The van der Waals surface area contributed by atoms with Crippen molar-refractivity contribution in [3.63, 3.8) is 0 Å². The molecule has 3 N–H and O–H groups in total. The van der Waals surface area contributed by atoms with E-state index in [1.807, 2.05) is 0 Å². The van der Waals surface area contributed by atoms with Gasteiger partial charge in [0.05, 0.1) is 12.1 Å². The second kappa shape index (κ2) is 6.26. The molecule has 5 nitrogen and oxygen atoms in total. The van der Waals surface area contributed by atoms with E-state index in [2.05, 4.69) is 25.9 Å². The fourth-order valence-corrected chi connectivity index (χ4v) is 2.64. The molecule has 3 aromatic rings. The Morgan fingerprint density at radius 2 is 1.83 bits per heavy atom. The minimum absolute atomic E-state index is 0.201. The number of phenolic OH excluding ortho intramolecular Hbond substituents is 1. The van der Waals surface area contributed by atoms with Crippen molar-refractivity contribution in [1.82, 2.24) is 4.98 Å². The molecule has 0 unspecified atom stereocenters. The number of nitrogens with one attached hydrogen (secondary N) is 1. The molecule has 0 aliphatic carbocycles. The van der Waals surface area contributed by atoms with E-state index in [9.17, 15) is 15.0 Å². The molecule has 0 fully saturated rings. The van der Waals surface area contributed by atoms with Crippen molar-refractivity contribution in [1.29, 1.82) is 0 Å². The number of fused-ring (bicyclic) bond motifs is 1. The summed E-state index contributed by atoms with van der Waals surface area (Å²) in [7, 11) is 0. The minimum Gasteiger partial charge on any atom is -0.508 e. The first-order valence-corrected chi connectivity index (χ1v) is 7.66. The van der Waals surface area contributed by atoms with E-state index in [1.54, 1.807) is 42.5 Å². The number of aromatic hydroxyl groups is 2. The zero-order valence-electron chi connectivity index (χ0n) is 12.0. The van der Waals surface area contributed by atoms with Crippen LogP contribution in [0.1, 0.15) is 11.1 Å². The third kappa shape index (κ3) is 3.27. The second-order valence-electron chi connectivity index (χ2n) is 5.04. The molecule has 0 radical (unpaired) electrons. The van der Waals surface area contributed by atoms with Gasteiger partial charge >= 0.3 is 0 Å². The van der Waals surface area contributed by atoms with E-state index >= 15 is 0 Å². The largest absolute Gasteiger partial charge is 0.508 e. The number of benzene rings is 2. The van der Waals surface area contributed by atoms with Gasteiger partial charge in [-0.25, -0.2) is 0 Å². The Bertz CT molecular complexity index is 946. The van der Waals surface area contributed by atoms with Gasteiger partial charge in [-0.1, -0.05) is 28.1 Å². The van der Waals surface area contributed by atoms with Crippen molar-refractivity contribution in [3.05, 3.63) is 68.4 Å². The molecule has 6 heteroatoms. The summed E-state index contributed by atoms with van der Waals surface area (Å²) >= 11 is 3.37. The predicted molar refractivity (Wildman–Crippen MR) is 93.3 cm³/mol. The first kappa shape index (κ1) is 15.3. The van der Waals surface area contributed by atoms with E-state index in [0.29, 0.717) is 22.9 Å². The van der Waals surface area contributed by atoms with Crippen molar-refractivity contribution in [2.75, 3.05) is 0 Å². The molecule has 0 bridgehead atoms. The standard InChI is InChI=1S/C17H13BrN2O3/c18-11-3-6-13-14(7-11)15(17(23)20-16(13)22)9-19-8-10-1-4-12(21)5-2-10/h1-7,9,21H,8H2,(H2,20,22,23). The molecule has 3 rings (SSSR count). The zero-order valence-corrected chi connectivity index (χ0v) is 13.5. The Labute approximate surface area is 140 Å². The number of phenols is 1. The molecular weight excluding hydrogens is 360 g/mol. The Morgan fingerprint density at radius 1 is 1.09 bits per heavy atom. The topological polar surface area (TPSA) is 85.7 Å². The van der Waals surface area contributed by atoms with Crippen molar-refractivity contribution < 1.29 is 10.2 Å². The number of aliphatic imine (C=N–C) groups is 1. The Balaban J connectivity index is 1.99. The van der Waals surface area contributed by atoms with Crippen LogP contribution in [0.5, 0.6) is 11.6 Å². The lowest BCUT2D eigenvalue weighted by Crippen LogP contribution is -2.08. The minimum atomic E-state index is -0.347. The maximum atomic E-state index is 11.9. The number of aromatic nitrogens is 1. The molecule has 0 saturated carbocycles. The normalized spacial score (nSPS) is 11.3. The fourth-order valence-electron chi connectivity index (χ4n) is 2.28. The molecule has 0 aliphatic heterocycles. The molecule has 0 atom stereocenters. The molecule has 0 spiro atoms. The number of hydrogen-bond donors (Lipinski definition) is 3. The summed E-state index contributed by atoms with van der Waals surface area (Å²) in [5, 5.41) is 20.4. The van der Waals surface area contributed by atoms with Crippen LogP contribution in [0, 0.1) is 0 Å². The quantitative estimate of drug-likeness (QED) is 0.616. The summed E-state index contributed by atoms with van der Waals surface area (Å²) in [4.78, 5) is 18.6. The number of halogens is 1. The van der Waals surface area contributed by atoms with E-state index in [4.69, 9.17) is 0 Å². The van der Waals surface area contributed by atoms with Gasteiger partial charge in [-0.15, -0.1) is 0 Å². The van der Waals surface area contributed by atoms with Crippen LogP contribution in [0.2, 0.25) is 0 Å². The van der Waals surface area contributed by atoms with Crippen LogP contribution in [0.15, 0.2) is 56.7 Å². The lowest BCUT2D eigenvalue weighted by atomic mass is 10.1. The summed E-state index contributed by atoms with van der Waals surface area (Å²) in [6.07, 6.45) is 1.53. The van der Waals surface area contributed by atoms with Gasteiger partial charge in [-0.3, -0.25) is 14.8 Å². The van der Waals surface area contributed by atoms with Crippen LogP contribution in [0.4, 0.5) is 0 Å². The third-order valence-electron chi connectivity index (χ3n) is 3.43. The van der Waals surface area contributed by atoms with Crippen molar-refractivity contribution in [3.8, 4) is 11.6 Å². The molecular formula is C17H13BrN2O3. The summed E-state index contributed by atoms with van der Waals surface area (Å²) < 4.78 is 0.809. The molecule has 1 heterocycles. The number of aromatic amines is 1. The van der Waals surface area contributed by atoms with Crippen molar-refractivity contribution in [2.24, 2.45) is 4.99 Å². The van der Waals surface area contributed by atoms with E-state index in [0.717, 1.165) is 10.0 Å². The van der Waals surface area contributed by atoms with Crippen LogP contribution in [0.3, 0.4) is 0 Å². The van der Waals surface area contributed by atoms with Gasteiger partial charge in [-0.05, 0) is 35.9 Å². The molecule has 1 aromatic heterocycles. The average Bonchev–Trinajstić information content (AvgIpc) is 2.52. The van der Waals surface area contributed by atoms with Gasteiger partial charge in [0, 0.05) is 21.5 Å². The number of hydrogen-bond acceptors (Lipinski definition) is 4. The summed E-state index contributed by atoms with van der Waals surface area (Å²) in [6, 6.07) is 12.0. The zero-order chi connectivity index (χ0) is 16.4. The van der Waals surface area contributed by atoms with Crippen LogP contribution >= 0.6 is 15.9 Å². The first-order valence-electron chi connectivity index (χ1n) is 6.87. The fraction of sp³-hybridized carbons (Fsp3) is 0.0588. The van der Waals surface area contributed by atoms with Crippen LogP contribution in [-0.4, -0.2) is 21.4 Å². The smallest absolute Gasteiger partial charge is 0.258 e. The Kier molecular flexibility index (Phi) is 4.16. The average molecular weight is 373 g/mol. The Morgan fingerprint density at radius 3 is 2.57 bits per heavy atom. The second-order valence-corrected chi connectivity index (χ2v) is 5.96. The van der Waals surface area contributed by atoms with Crippen molar-refractivity contribution in [2.45, 2.75) is 6.54 Å². The summed E-state index contributed by atoms with van der Waals surface area (Å²) in [6.45, 7) is 0.397. The predicted octanol–water partition coefficient (Wildman–Crippen LogP) is 3.32. The van der Waals surface area contributed by atoms with Gasteiger partial charge < -0.3 is 10.2 Å². The summed E-state index contributed by atoms with van der Waals surface area (Å²) in [5.41, 5.74) is 1.04. The molecule has 0 amide bonds. The van der Waals surface area contributed by atoms with E-state index in [1.165, 1.54) is 6.21 Å². The van der Waals surface area contributed by atoms with Crippen LogP contribution in [0.25, 0.3) is 10.8 Å². The number of H-pyrrole nitrogens is 1. The molecule has 2 aromatic carbocycles. The number of nitrogens with zero attached hydrogens (tertiary/aromatic N) is 1. The lowest BCUT2D eigenvalue weighted by molar-refractivity contribution is 0.452. The molecule has 116 valence electrons. The SMILES string of the molecule is O=c1[nH]c(O)c(C=NCc2ccc(O)cc2)c2cc(Br)ccc12. The van der Waals surface area contributed by atoms with Crippen LogP contribution < -0.4 is 5.56 Å². The third-order valence-corrected chi connectivity index (χ3v) is 3.93. The highest BCUT2D eigenvalue weighted by Gasteiger charge is 2.09. The highest BCUT2D eigenvalue weighted by atomic mass is 79.9. The summed E-state index contributed by atoms with van der Waals surface area (Å²) in [5.74, 6) is -0.0121. The number of rotatable bonds is 3. The van der Waals surface area contributed by atoms with Gasteiger partial charge in [0.1, 0.15) is 5.75 Å². The maximum Gasteiger partial charge on any atom is 0.258 e. The van der Waals surface area contributed by atoms with E-state index < -0.39 is 0 Å². The maximum absolute atomic E-state index is 11.9. The lowest BCUT2D eigenvalue weighted by Gasteiger charge is -2.05. The van der Waals surface area contributed by atoms with Gasteiger partial charge in [0.2, 0.25) is 5.88 Å². The van der Waals surface area contributed by atoms with Gasteiger partial charge in [0.15, 0.2) is 0 Å². The van der Waals surface area contributed by atoms with Crippen molar-refractivity contribution >= 4 is 32.9 Å².